The first kappa shape index (κ1) is 11.2. The van der Waals surface area contributed by atoms with Gasteiger partial charge in [-0.1, -0.05) is 19.1 Å². The average Bonchev–Trinajstić information content (AvgIpc) is 2.26. The average molecular weight is 207 g/mol. The molecular formula is C12H17NS. The molecule has 2 heteroatoms. The van der Waals surface area contributed by atoms with Crippen LogP contribution in [-0.4, -0.2) is 12.8 Å². The van der Waals surface area contributed by atoms with E-state index in [9.17, 15) is 0 Å². The molecule has 0 aliphatic heterocycles. The van der Waals surface area contributed by atoms with Crippen LogP contribution in [0, 0.1) is 0 Å². The Morgan fingerprint density at radius 2 is 2.29 bits per heavy atom. The zero-order chi connectivity index (χ0) is 10.4. The number of allylic oxidation sites excluding steroid dienone is 1. The van der Waals surface area contributed by atoms with Gasteiger partial charge >= 0.3 is 0 Å². The molecule has 0 aliphatic rings. The maximum atomic E-state index is 3.14. The van der Waals surface area contributed by atoms with Gasteiger partial charge in [0.15, 0.2) is 0 Å². The van der Waals surface area contributed by atoms with Crippen LogP contribution in [-0.2, 0) is 0 Å². The number of anilines is 1. The van der Waals surface area contributed by atoms with Gasteiger partial charge in [-0.3, -0.25) is 0 Å². The van der Waals surface area contributed by atoms with Crippen LogP contribution in [0.25, 0.3) is 5.57 Å². The smallest absolute Gasteiger partial charge is 0.0343 e. The molecule has 1 aromatic carbocycles. The zero-order valence-electron chi connectivity index (χ0n) is 9.00. The van der Waals surface area contributed by atoms with E-state index in [2.05, 4.69) is 48.8 Å². The van der Waals surface area contributed by atoms with Gasteiger partial charge in [0, 0.05) is 12.7 Å². The third-order valence-electron chi connectivity index (χ3n) is 2.03. The molecule has 0 aliphatic carbocycles. The number of benzene rings is 1. The highest BCUT2D eigenvalue weighted by atomic mass is 32.2. The Balaban J connectivity index is 2.84. The number of thioether (sulfide) groups is 1. The summed E-state index contributed by atoms with van der Waals surface area (Å²) in [4.78, 5) is 0. The van der Waals surface area contributed by atoms with Crippen LogP contribution in [0.2, 0.25) is 0 Å². The van der Waals surface area contributed by atoms with Crippen LogP contribution in [0.4, 0.5) is 5.69 Å². The lowest BCUT2D eigenvalue weighted by Gasteiger charge is -2.04. The molecular weight excluding hydrogens is 190 g/mol. The maximum absolute atomic E-state index is 3.14. The van der Waals surface area contributed by atoms with Gasteiger partial charge in [0.25, 0.3) is 0 Å². The molecule has 76 valence electrons. The molecule has 0 bridgehead atoms. The van der Waals surface area contributed by atoms with Crippen LogP contribution in [0.15, 0.2) is 29.7 Å². The van der Waals surface area contributed by atoms with Gasteiger partial charge < -0.3 is 5.32 Å². The van der Waals surface area contributed by atoms with Gasteiger partial charge in [0.2, 0.25) is 0 Å². The first-order valence-corrected chi connectivity index (χ1v) is 5.89. The molecule has 0 fully saturated rings. The van der Waals surface area contributed by atoms with E-state index >= 15 is 0 Å². The Morgan fingerprint density at radius 3 is 2.93 bits per heavy atom. The zero-order valence-corrected chi connectivity index (χ0v) is 9.82. The monoisotopic (exact) mass is 207 g/mol. The first-order chi connectivity index (χ1) is 6.77. The van der Waals surface area contributed by atoms with Gasteiger partial charge in [-0.2, -0.15) is 0 Å². The molecule has 0 radical (unpaired) electrons. The number of hydrogen-bond donors (Lipinski definition) is 1. The van der Waals surface area contributed by atoms with E-state index in [1.807, 2.05) is 18.8 Å². The van der Waals surface area contributed by atoms with E-state index in [4.69, 9.17) is 0 Å². The Hall–Kier alpha value is -0.890. The minimum Gasteiger partial charge on any atom is -0.388 e. The molecule has 0 amide bonds. The van der Waals surface area contributed by atoms with Crippen LogP contribution >= 0.6 is 11.8 Å². The number of nitrogens with one attached hydrogen (secondary N) is 1. The van der Waals surface area contributed by atoms with Gasteiger partial charge in [0.05, 0.1) is 0 Å². The quantitative estimate of drug-likeness (QED) is 0.805. The normalized spacial score (nSPS) is 11.5. The largest absolute Gasteiger partial charge is 0.388 e. The summed E-state index contributed by atoms with van der Waals surface area (Å²) in [6.45, 7) is 4.32. The van der Waals surface area contributed by atoms with E-state index in [0.29, 0.717) is 0 Å². The van der Waals surface area contributed by atoms with E-state index in [-0.39, 0.29) is 0 Å². The minimum atomic E-state index is 1.13. The standard InChI is InChI=1S/C12H17NS/c1-4-14-9-10(2)11-6-5-7-12(8-11)13-3/h5-9,13H,4H2,1-3H3/b10-9+. The lowest BCUT2D eigenvalue weighted by molar-refractivity contribution is 1.48. The summed E-state index contributed by atoms with van der Waals surface area (Å²) in [6.07, 6.45) is 0. The minimum absolute atomic E-state index is 1.13. The molecule has 1 aromatic rings. The van der Waals surface area contributed by atoms with Crippen LogP contribution in [0.5, 0.6) is 0 Å². The third kappa shape index (κ3) is 3.11. The summed E-state index contributed by atoms with van der Waals surface area (Å²) >= 11 is 1.84. The predicted octanol–water partition coefficient (Wildman–Crippen LogP) is 3.84. The highest BCUT2D eigenvalue weighted by Gasteiger charge is 1.96. The fraction of sp³-hybridized carbons (Fsp3) is 0.333. The second-order valence-corrected chi connectivity index (χ2v) is 4.23. The van der Waals surface area contributed by atoms with Crippen molar-refractivity contribution >= 4 is 23.0 Å². The molecule has 14 heavy (non-hydrogen) atoms. The van der Waals surface area contributed by atoms with Gasteiger partial charge in [-0.05, 0) is 41.4 Å². The summed E-state index contributed by atoms with van der Waals surface area (Å²) in [7, 11) is 1.94. The fourth-order valence-corrected chi connectivity index (χ4v) is 1.75. The van der Waals surface area contributed by atoms with Crippen molar-refractivity contribution < 1.29 is 0 Å². The molecule has 1 N–H and O–H groups in total. The summed E-state index contributed by atoms with van der Waals surface area (Å²) in [6, 6.07) is 8.46. The van der Waals surface area contributed by atoms with Crippen LogP contribution in [0.1, 0.15) is 19.4 Å². The highest BCUT2D eigenvalue weighted by molar-refractivity contribution is 8.02. The first-order valence-electron chi connectivity index (χ1n) is 4.84. The van der Waals surface area contributed by atoms with Gasteiger partial charge in [-0.25, -0.2) is 0 Å². The van der Waals surface area contributed by atoms with Gasteiger partial charge in [0.1, 0.15) is 0 Å². The Morgan fingerprint density at radius 1 is 1.50 bits per heavy atom. The van der Waals surface area contributed by atoms with Crippen molar-refractivity contribution in [3.05, 3.63) is 35.2 Å². The van der Waals surface area contributed by atoms with E-state index in [1.54, 1.807) is 0 Å². The molecule has 0 spiro atoms. The Labute approximate surface area is 90.6 Å². The Bertz CT molecular complexity index is 318. The SMILES string of the molecule is CCS/C=C(\C)c1cccc(NC)c1. The van der Waals surface area contributed by atoms with E-state index in [0.717, 1.165) is 11.4 Å². The fourth-order valence-electron chi connectivity index (χ4n) is 1.20. The molecule has 0 unspecified atom stereocenters. The summed E-state index contributed by atoms with van der Waals surface area (Å²) in [5.74, 6) is 1.13. The van der Waals surface area contributed by atoms with Crippen molar-refractivity contribution in [1.29, 1.82) is 0 Å². The maximum Gasteiger partial charge on any atom is 0.0343 e. The highest BCUT2D eigenvalue weighted by Crippen LogP contribution is 2.20. The Kier molecular flexibility index (Phi) is 4.60. The molecule has 0 atom stereocenters. The molecule has 1 nitrogen and oxygen atoms in total. The summed E-state index contributed by atoms with van der Waals surface area (Å²) < 4.78 is 0. The lowest BCUT2D eigenvalue weighted by Crippen LogP contribution is -1.88. The molecule has 0 heterocycles. The second kappa shape index (κ2) is 5.76. The predicted molar refractivity (Wildman–Crippen MR) is 67.8 cm³/mol. The van der Waals surface area contributed by atoms with Crippen molar-refractivity contribution in [2.45, 2.75) is 13.8 Å². The topological polar surface area (TPSA) is 12.0 Å². The van der Waals surface area contributed by atoms with Gasteiger partial charge in [-0.15, -0.1) is 11.8 Å². The van der Waals surface area contributed by atoms with Crippen LogP contribution < -0.4 is 5.32 Å². The summed E-state index contributed by atoms with van der Waals surface area (Å²) in [5.41, 5.74) is 3.78. The lowest BCUT2D eigenvalue weighted by atomic mass is 10.1. The van der Waals surface area contributed by atoms with Crippen LogP contribution in [0.3, 0.4) is 0 Å². The van der Waals surface area contributed by atoms with Crippen molar-refractivity contribution in [2.24, 2.45) is 0 Å². The van der Waals surface area contributed by atoms with Crippen molar-refractivity contribution in [3.8, 4) is 0 Å². The van der Waals surface area contributed by atoms with Crippen molar-refractivity contribution in [3.63, 3.8) is 0 Å². The molecule has 0 aromatic heterocycles. The third-order valence-corrected chi connectivity index (χ3v) is 2.89. The molecule has 1 rings (SSSR count). The second-order valence-electron chi connectivity index (χ2n) is 3.09. The number of hydrogen-bond acceptors (Lipinski definition) is 2. The molecule has 0 saturated carbocycles. The van der Waals surface area contributed by atoms with E-state index in [1.165, 1.54) is 11.1 Å². The summed E-state index contributed by atoms with van der Waals surface area (Å²) in [5, 5.41) is 5.36. The van der Waals surface area contributed by atoms with E-state index < -0.39 is 0 Å². The number of rotatable bonds is 4. The van der Waals surface area contributed by atoms with Crippen molar-refractivity contribution in [2.75, 3.05) is 18.1 Å². The van der Waals surface area contributed by atoms with Crippen molar-refractivity contribution in [1.82, 2.24) is 0 Å². The molecule has 0 saturated heterocycles.